The van der Waals surface area contributed by atoms with Crippen LogP contribution in [-0.2, 0) is 19.4 Å². The number of carbonyl (C=O) groups excluding carboxylic acids is 1. The molecule has 0 bridgehead atoms. The summed E-state index contributed by atoms with van der Waals surface area (Å²) >= 11 is 0. The molecule has 0 aromatic carbocycles. The van der Waals surface area contributed by atoms with Gasteiger partial charge in [0.15, 0.2) is 8.32 Å². The predicted octanol–water partition coefficient (Wildman–Crippen LogP) is 4.64. The number of nitrogens with one attached hydrogen (secondary N) is 2. The first-order valence-corrected chi connectivity index (χ1v) is 16.4. The van der Waals surface area contributed by atoms with Gasteiger partial charge in [-0.1, -0.05) is 20.8 Å². The third-order valence-electron chi connectivity index (χ3n) is 6.10. The summed E-state index contributed by atoms with van der Waals surface area (Å²) in [6, 6.07) is -0.336. The number of hydrogen-bond donors (Lipinski definition) is 2. The summed E-state index contributed by atoms with van der Waals surface area (Å²) < 4.78 is 42.9. The molecule has 0 aliphatic carbocycles. The van der Waals surface area contributed by atoms with Gasteiger partial charge in [0.2, 0.25) is 0 Å². The molecule has 1 heterocycles. The van der Waals surface area contributed by atoms with Crippen LogP contribution >= 0.6 is 0 Å². The van der Waals surface area contributed by atoms with Gasteiger partial charge in [0.05, 0.1) is 6.61 Å². The Labute approximate surface area is 203 Å². The molecule has 0 spiro atoms. The molecule has 0 radical (unpaired) electrons. The van der Waals surface area contributed by atoms with Crippen molar-refractivity contribution in [1.82, 2.24) is 14.3 Å². The summed E-state index contributed by atoms with van der Waals surface area (Å²) in [5.74, 6) is 0.300. The second-order valence-corrected chi connectivity index (χ2v) is 19.1. The lowest BCUT2D eigenvalue weighted by atomic mass is 9.91. The SMILES string of the molecule is CC(C)(C)NS(=O)(=O)NC(CO[Si](C)(C)C(C)(C)C)CC1CCN(C(=O)OC(C)(C)C)CC1. The van der Waals surface area contributed by atoms with Crippen molar-refractivity contribution in [2.24, 2.45) is 5.92 Å². The van der Waals surface area contributed by atoms with Gasteiger partial charge < -0.3 is 14.1 Å². The molecule has 1 saturated heterocycles. The maximum Gasteiger partial charge on any atom is 0.410 e. The van der Waals surface area contributed by atoms with Gasteiger partial charge in [0, 0.05) is 24.7 Å². The molecule has 1 atom stereocenters. The number of ether oxygens (including phenoxy) is 1. The highest BCUT2D eigenvalue weighted by atomic mass is 32.2. The minimum Gasteiger partial charge on any atom is -0.444 e. The number of carbonyl (C=O) groups is 1. The second kappa shape index (κ2) is 10.9. The normalized spacial score (nSPS) is 18.3. The smallest absolute Gasteiger partial charge is 0.410 e. The molecule has 1 aliphatic heterocycles. The molecule has 0 aromatic heterocycles. The van der Waals surface area contributed by atoms with E-state index >= 15 is 0 Å². The lowest BCUT2D eigenvalue weighted by molar-refractivity contribution is 0.0176. The summed E-state index contributed by atoms with van der Waals surface area (Å²) in [6.07, 6.45) is 2.00. The highest BCUT2D eigenvalue weighted by Gasteiger charge is 2.38. The van der Waals surface area contributed by atoms with E-state index in [1.807, 2.05) is 41.5 Å². The van der Waals surface area contributed by atoms with Crippen LogP contribution in [0.15, 0.2) is 0 Å². The zero-order valence-electron chi connectivity index (χ0n) is 22.8. The van der Waals surface area contributed by atoms with Crippen LogP contribution in [0.2, 0.25) is 18.1 Å². The highest BCUT2D eigenvalue weighted by Crippen LogP contribution is 2.37. The van der Waals surface area contributed by atoms with Gasteiger partial charge in [-0.3, -0.25) is 0 Å². The average molecular weight is 508 g/mol. The van der Waals surface area contributed by atoms with E-state index in [4.69, 9.17) is 9.16 Å². The Bertz CT molecular complexity index is 744. The minimum absolute atomic E-state index is 0.0405. The predicted molar refractivity (Wildman–Crippen MR) is 137 cm³/mol. The van der Waals surface area contributed by atoms with Crippen molar-refractivity contribution in [3.63, 3.8) is 0 Å². The van der Waals surface area contributed by atoms with Crippen molar-refractivity contribution in [1.29, 1.82) is 0 Å². The number of likely N-dealkylation sites (tertiary alicyclic amines) is 1. The Balaban J connectivity index is 2.83. The maximum absolute atomic E-state index is 12.8. The van der Waals surface area contributed by atoms with E-state index in [1.54, 1.807) is 4.90 Å². The lowest BCUT2D eigenvalue weighted by Gasteiger charge is -2.38. The molecule has 0 aromatic rings. The highest BCUT2D eigenvalue weighted by molar-refractivity contribution is 7.87. The second-order valence-electron chi connectivity index (χ2n) is 12.9. The first kappa shape index (κ1) is 30.3. The zero-order chi connectivity index (χ0) is 25.9. The molecule has 33 heavy (non-hydrogen) atoms. The van der Waals surface area contributed by atoms with Crippen molar-refractivity contribution in [2.45, 2.75) is 117 Å². The molecular formula is C23H49N3O5SSi. The number of rotatable bonds is 8. The van der Waals surface area contributed by atoms with Crippen LogP contribution in [-0.4, -0.2) is 64.6 Å². The van der Waals surface area contributed by atoms with Gasteiger partial charge in [-0.2, -0.15) is 17.9 Å². The summed E-state index contributed by atoms with van der Waals surface area (Å²) in [5.41, 5.74) is -1.09. The summed E-state index contributed by atoms with van der Waals surface area (Å²) in [7, 11) is -5.72. The van der Waals surface area contributed by atoms with E-state index in [0.717, 1.165) is 12.8 Å². The lowest BCUT2D eigenvalue weighted by Crippen LogP contribution is -2.53. The number of amides is 1. The Kier molecular flexibility index (Phi) is 10.1. The van der Waals surface area contributed by atoms with Crippen molar-refractivity contribution in [3.8, 4) is 0 Å². The van der Waals surface area contributed by atoms with Gasteiger partial charge in [0.1, 0.15) is 5.60 Å². The monoisotopic (exact) mass is 507 g/mol. The quantitative estimate of drug-likeness (QED) is 0.467. The van der Waals surface area contributed by atoms with Crippen molar-refractivity contribution in [2.75, 3.05) is 19.7 Å². The Morgan fingerprint density at radius 3 is 1.97 bits per heavy atom. The number of hydrogen-bond acceptors (Lipinski definition) is 5. The fraction of sp³-hybridized carbons (Fsp3) is 0.957. The van der Waals surface area contributed by atoms with Gasteiger partial charge in [0.25, 0.3) is 10.2 Å². The van der Waals surface area contributed by atoms with Gasteiger partial charge >= 0.3 is 6.09 Å². The van der Waals surface area contributed by atoms with Crippen molar-refractivity contribution in [3.05, 3.63) is 0 Å². The van der Waals surface area contributed by atoms with E-state index < -0.39 is 29.7 Å². The first-order chi connectivity index (χ1) is 14.6. The number of nitrogens with zero attached hydrogens (tertiary/aromatic N) is 1. The van der Waals surface area contributed by atoms with Gasteiger partial charge in [-0.25, -0.2) is 4.79 Å². The zero-order valence-corrected chi connectivity index (χ0v) is 24.6. The average Bonchev–Trinajstić information content (AvgIpc) is 2.55. The van der Waals surface area contributed by atoms with Crippen LogP contribution in [0.4, 0.5) is 4.79 Å². The molecule has 10 heteroatoms. The largest absolute Gasteiger partial charge is 0.444 e. The molecule has 2 N–H and O–H groups in total. The summed E-state index contributed by atoms with van der Waals surface area (Å²) in [6.45, 7) is 23.5. The van der Waals surface area contributed by atoms with Crippen molar-refractivity contribution < 1.29 is 22.4 Å². The van der Waals surface area contributed by atoms with E-state index in [2.05, 4.69) is 43.3 Å². The molecule has 1 amide bonds. The maximum atomic E-state index is 12.8. The van der Waals surface area contributed by atoms with Crippen LogP contribution in [0.25, 0.3) is 0 Å². The fourth-order valence-corrected chi connectivity index (χ4v) is 5.93. The topological polar surface area (TPSA) is 97.0 Å². The molecule has 0 saturated carbocycles. The fourth-order valence-electron chi connectivity index (χ4n) is 3.41. The van der Waals surface area contributed by atoms with Crippen molar-refractivity contribution >= 4 is 24.6 Å². The van der Waals surface area contributed by atoms with E-state index in [0.29, 0.717) is 32.0 Å². The van der Waals surface area contributed by atoms with Gasteiger partial charge in [-0.05, 0) is 84.9 Å². The summed E-state index contributed by atoms with van der Waals surface area (Å²) in [5, 5.41) is 0.0405. The minimum atomic E-state index is -3.69. The third kappa shape index (κ3) is 11.5. The first-order valence-electron chi connectivity index (χ1n) is 12.0. The van der Waals surface area contributed by atoms with Crippen LogP contribution in [0.3, 0.4) is 0 Å². The van der Waals surface area contributed by atoms with Crippen LogP contribution < -0.4 is 9.44 Å². The van der Waals surface area contributed by atoms with Crippen LogP contribution in [0, 0.1) is 5.92 Å². The van der Waals surface area contributed by atoms with E-state index in [-0.39, 0.29) is 17.2 Å². The summed E-state index contributed by atoms with van der Waals surface area (Å²) in [4.78, 5) is 14.1. The van der Waals surface area contributed by atoms with E-state index in [9.17, 15) is 13.2 Å². The Hall–Kier alpha value is -0.683. The standard InChI is InChI=1S/C23H49N3O5SSi/c1-21(2,3)25-32(28,29)24-19(17-30-33(10,11)23(7,8)9)16-18-12-14-26(15-13-18)20(27)31-22(4,5)6/h18-19,24-25H,12-17H2,1-11H3. The molecule has 1 fully saturated rings. The molecule has 8 nitrogen and oxygen atoms in total. The Morgan fingerprint density at radius 2 is 1.55 bits per heavy atom. The van der Waals surface area contributed by atoms with E-state index in [1.165, 1.54) is 0 Å². The van der Waals surface area contributed by atoms with Crippen LogP contribution in [0.5, 0.6) is 0 Å². The Morgan fingerprint density at radius 1 is 1.03 bits per heavy atom. The third-order valence-corrected chi connectivity index (χ3v) is 12.1. The molecule has 1 unspecified atom stereocenters. The molecule has 1 aliphatic rings. The van der Waals surface area contributed by atoms with Crippen LogP contribution in [0.1, 0.15) is 81.6 Å². The number of piperidine rings is 1. The van der Waals surface area contributed by atoms with Gasteiger partial charge in [-0.15, -0.1) is 0 Å². The molecular weight excluding hydrogens is 458 g/mol. The molecule has 1 rings (SSSR count). The molecule has 196 valence electrons.